The fourth-order valence-electron chi connectivity index (χ4n) is 2.22. The number of fused-ring (bicyclic) bond motifs is 1. The first-order chi connectivity index (χ1) is 7.13. The van der Waals surface area contributed by atoms with E-state index in [1.54, 1.807) is 0 Å². The lowest BCUT2D eigenvalue weighted by molar-refractivity contribution is -0.138. The van der Waals surface area contributed by atoms with Crippen LogP contribution in [0.4, 0.5) is 0 Å². The Morgan fingerprint density at radius 2 is 2.27 bits per heavy atom. The molecule has 0 fully saturated rings. The molecule has 1 aliphatic carbocycles. The molecule has 3 heteroatoms. The van der Waals surface area contributed by atoms with Crippen molar-refractivity contribution in [1.82, 2.24) is 0 Å². The summed E-state index contributed by atoms with van der Waals surface area (Å²) in [6.07, 6.45) is 1.48. The Balaban J connectivity index is 2.45. The summed E-state index contributed by atoms with van der Waals surface area (Å²) >= 11 is 0. The summed E-state index contributed by atoms with van der Waals surface area (Å²) in [5.74, 6) is -1.19. The number of carboxylic acid groups (broad SMARTS) is 1. The van der Waals surface area contributed by atoms with Gasteiger partial charge in [-0.25, -0.2) is 0 Å². The van der Waals surface area contributed by atoms with Crippen LogP contribution in [0.5, 0.6) is 0 Å². The van der Waals surface area contributed by atoms with Crippen LogP contribution in [0.1, 0.15) is 42.0 Å². The molecule has 0 heterocycles. The van der Waals surface area contributed by atoms with Gasteiger partial charge in [0, 0.05) is 6.04 Å². The molecule has 1 aromatic carbocycles. The van der Waals surface area contributed by atoms with Gasteiger partial charge < -0.3 is 10.8 Å². The van der Waals surface area contributed by atoms with Gasteiger partial charge in [-0.15, -0.1) is 0 Å². The quantitative estimate of drug-likeness (QED) is 0.774. The van der Waals surface area contributed by atoms with Gasteiger partial charge in [0.15, 0.2) is 0 Å². The molecule has 2 rings (SSSR count). The highest BCUT2D eigenvalue weighted by molar-refractivity contribution is 5.78. The van der Waals surface area contributed by atoms with Gasteiger partial charge in [-0.1, -0.05) is 25.1 Å². The average molecular weight is 205 g/mol. The van der Waals surface area contributed by atoms with Gasteiger partial charge in [-0.05, 0) is 29.5 Å². The predicted octanol–water partition coefficient (Wildman–Crippen LogP) is 1.82. The van der Waals surface area contributed by atoms with Crippen molar-refractivity contribution in [1.29, 1.82) is 0 Å². The molecular weight excluding hydrogens is 190 g/mol. The van der Waals surface area contributed by atoms with Crippen molar-refractivity contribution in [2.75, 3.05) is 0 Å². The van der Waals surface area contributed by atoms with E-state index in [-0.39, 0.29) is 6.04 Å². The second-order valence-corrected chi connectivity index (χ2v) is 4.05. The highest BCUT2D eigenvalue weighted by atomic mass is 16.4. The van der Waals surface area contributed by atoms with Gasteiger partial charge in [-0.3, -0.25) is 4.79 Å². The number of hydrogen-bond donors (Lipinski definition) is 2. The molecule has 0 aliphatic heterocycles. The molecule has 15 heavy (non-hydrogen) atoms. The summed E-state index contributed by atoms with van der Waals surface area (Å²) in [7, 11) is 0. The van der Waals surface area contributed by atoms with Gasteiger partial charge >= 0.3 is 5.97 Å². The van der Waals surface area contributed by atoms with Crippen LogP contribution in [0.25, 0.3) is 0 Å². The predicted molar refractivity (Wildman–Crippen MR) is 57.7 cm³/mol. The minimum absolute atomic E-state index is 0.118. The van der Waals surface area contributed by atoms with E-state index in [0.29, 0.717) is 6.42 Å². The molecule has 3 N–H and O–H groups in total. The first-order valence-corrected chi connectivity index (χ1v) is 5.24. The second-order valence-electron chi connectivity index (χ2n) is 4.05. The Morgan fingerprint density at radius 1 is 1.53 bits per heavy atom. The van der Waals surface area contributed by atoms with Crippen LogP contribution < -0.4 is 5.73 Å². The van der Waals surface area contributed by atoms with Gasteiger partial charge in [0.1, 0.15) is 0 Å². The Bertz CT molecular complexity index is 401. The summed E-state index contributed by atoms with van der Waals surface area (Å²) in [6.45, 7) is 2.08. The van der Waals surface area contributed by atoms with Crippen molar-refractivity contribution in [2.24, 2.45) is 5.73 Å². The van der Waals surface area contributed by atoms with E-state index in [9.17, 15) is 4.79 Å². The SMILES string of the molecule is CCc1ccc2c(c1)C(N)CC2C(=O)O. The maximum atomic E-state index is 11.0. The Hall–Kier alpha value is -1.35. The lowest BCUT2D eigenvalue weighted by atomic mass is 9.99. The number of aliphatic carboxylic acids is 1. The first-order valence-electron chi connectivity index (χ1n) is 5.24. The van der Waals surface area contributed by atoms with E-state index in [2.05, 4.69) is 6.92 Å². The van der Waals surface area contributed by atoms with E-state index >= 15 is 0 Å². The maximum Gasteiger partial charge on any atom is 0.311 e. The average Bonchev–Trinajstić information content (AvgIpc) is 2.56. The van der Waals surface area contributed by atoms with Gasteiger partial charge in [0.05, 0.1) is 5.92 Å². The Kier molecular flexibility index (Phi) is 2.49. The van der Waals surface area contributed by atoms with Crippen molar-refractivity contribution in [2.45, 2.75) is 31.7 Å². The molecule has 2 atom stereocenters. The monoisotopic (exact) mass is 205 g/mol. The smallest absolute Gasteiger partial charge is 0.311 e. The number of hydrogen-bond acceptors (Lipinski definition) is 2. The lowest BCUT2D eigenvalue weighted by Crippen LogP contribution is -2.10. The zero-order valence-electron chi connectivity index (χ0n) is 8.73. The topological polar surface area (TPSA) is 63.3 Å². The van der Waals surface area contributed by atoms with Crippen molar-refractivity contribution in [3.8, 4) is 0 Å². The fourth-order valence-corrected chi connectivity index (χ4v) is 2.22. The summed E-state index contributed by atoms with van der Waals surface area (Å²) in [4.78, 5) is 11.0. The van der Waals surface area contributed by atoms with Crippen molar-refractivity contribution >= 4 is 5.97 Å². The molecule has 0 saturated heterocycles. The van der Waals surface area contributed by atoms with Crippen molar-refractivity contribution < 1.29 is 9.90 Å². The highest BCUT2D eigenvalue weighted by Crippen LogP contribution is 2.39. The second kappa shape index (κ2) is 3.66. The Morgan fingerprint density at radius 3 is 2.87 bits per heavy atom. The van der Waals surface area contributed by atoms with Crippen molar-refractivity contribution in [3.63, 3.8) is 0 Å². The van der Waals surface area contributed by atoms with E-state index in [1.807, 2.05) is 18.2 Å². The molecule has 0 amide bonds. The molecule has 3 nitrogen and oxygen atoms in total. The molecule has 1 aromatic rings. The number of nitrogens with two attached hydrogens (primary N) is 1. The number of aryl methyl sites for hydroxylation is 1. The first kappa shape index (κ1) is 10.2. The van der Waals surface area contributed by atoms with Crippen LogP contribution in [0, 0.1) is 0 Å². The van der Waals surface area contributed by atoms with E-state index in [4.69, 9.17) is 10.8 Å². The third kappa shape index (κ3) is 1.63. The molecule has 0 bridgehead atoms. The van der Waals surface area contributed by atoms with Crippen LogP contribution in [0.3, 0.4) is 0 Å². The van der Waals surface area contributed by atoms with Gasteiger partial charge in [-0.2, -0.15) is 0 Å². The minimum Gasteiger partial charge on any atom is -0.481 e. The number of carboxylic acids is 1. The van der Waals surface area contributed by atoms with Gasteiger partial charge in [0.2, 0.25) is 0 Å². The fraction of sp³-hybridized carbons (Fsp3) is 0.417. The molecule has 0 radical (unpaired) electrons. The molecule has 0 saturated carbocycles. The van der Waals surface area contributed by atoms with E-state index in [0.717, 1.165) is 17.5 Å². The van der Waals surface area contributed by atoms with Crippen LogP contribution in [0.2, 0.25) is 0 Å². The molecule has 80 valence electrons. The Labute approximate surface area is 88.9 Å². The van der Waals surface area contributed by atoms with E-state index in [1.165, 1.54) is 5.56 Å². The molecule has 0 spiro atoms. The molecule has 1 aliphatic rings. The summed E-state index contributed by atoms with van der Waals surface area (Å²) in [6, 6.07) is 5.84. The third-order valence-corrected chi connectivity index (χ3v) is 3.12. The summed E-state index contributed by atoms with van der Waals surface area (Å²) in [5.41, 5.74) is 9.06. The van der Waals surface area contributed by atoms with Gasteiger partial charge in [0.25, 0.3) is 0 Å². The maximum absolute atomic E-state index is 11.0. The largest absolute Gasteiger partial charge is 0.481 e. The van der Waals surface area contributed by atoms with Crippen molar-refractivity contribution in [3.05, 3.63) is 34.9 Å². The normalized spacial score (nSPS) is 23.9. The molecule has 2 unspecified atom stereocenters. The number of carbonyl (C=O) groups is 1. The van der Waals surface area contributed by atoms with Crippen LogP contribution in [-0.4, -0.2) is 11.1 Å². The number of rotatable bonds is 2. The van der Waals surface area contributed by atoms with Crippen LogP contribution in [-0.2, 0) is 11.2 Å². The molecule has 0 aromatic heterocycles. The summed E-state index contributed by atoms with van der Waals surface area (Å²) < 4.78 is 0. The number of benzene rings is 1. The lowest BCUT2D eigenvalue weighted by Gasteiger charge is -2.07. The standard InChI is InChI=1S/C12H15NO2/c1-2-7-3-4-8-9(5-7)11(13)6-10(8)12(14)15/h3-5,10-11H,2,6,13H2,1H3,(H,14,15). The van der Waals surface area contributed by atoms with Crippen LogP contribution in [0.15, 0.2) is 18.2 Å². The molecular formula is C12H15NO2. The van der Waals surface area contributed by atoms with Crippen LogP contribution >= 0.6 is 0 Å². The highest BCUT2D eigenvalue weighted by Gasteiger charge is 2.33. The third-order valence-electron chi connectivity index (χ3n) is 3.12. The summed E-state index contributed by atoms with van der Waals surface area (Å²) in [5, 5.41) is 9.05. The zero-order chi connectivity index (χ0) is 11.0. The van der Waals surface area contributed by atoms with E-state index < -0.39 is 11.9 Å². The minimum atomic E-state index is -0.770. The zero-order valence-corrected chi connectivity index (χ0v) is 8.73.